The van der Waals surface area contributed by atoms with Crippen LogP contribution < -0.4 is 19.5 Å². The number of thiazole rings is 1. The highest BCUT2D eigenvalue weighted by molar-refractivity contribution is 7.14. The Hall–Kier alpha value is -3.06. The number of nitrogens with zero attached hydrogens (tertiary/aromatic N) is 1. The SMILES string of the molecule is C[C@H](Oc1ccccc1)C(=O)Nc1nc(-c2ccc3c(c2)OCO3)cs1. The van der Waals surface area contributed by atoms with Gasteiger partial charge >= 0.3 is 0 Å². The van der Waals surface area contributed by atoms with Gasteiger partial charge in [-0.15, -0.1) is 11.3 Å². The zero-order valence-corrected chi connectivity index (χ0v) is 14.8. The Labute approximate surface area is 154 Å². The summed E-state index contributed by atoms with van der Waals surface area (Å²) in [5.41, 5.74) is 1.67. The first kappa shape index (κ1) is 16.4. The van der Waals surface area contributed by atoms with Gasteiger partial charge < -0.3 is 14.2 Å². The Morgan fingerprint density at radius 3 is 2.85 bits per heavy atom. The second-order valence-corrected chi connectivity index (χ2v) is 6.53. The van der Waals surface area contributed by atoms with Crippen LogP contribution in [-0.2, 0) is 4.79 Å². The van der Waals surface area contributed by atoms with E-state index in [-0.39, 0.29) is 12.7 Å². The van der Waals surface area contributed by atoms with Crippen molar-refractivity contribution in [3.63, 3.8) is 0 Å². The van der Waals surface area contributed by atoms with E-state index < -0.39 is 6.10 Å². The number of aromatic nitrogens is 1. The minimum absolute atomic E-state index is 0.233. The van der Waals surface area contributed by atoms with Crippen LogP contribution in [-0.4, -0.2) is 23.8 Å². The number of fused-ring (bicyclic) bond motifs is 1. The number of benzene rings is 2. The van der Waals surface area contributed by atoms with Gasteiger partial charge in [-0.1, -0.05) is 18.2 Å². The highest BCUT2D eigenvalue weighted by atomic mass is 32.1. The van der Waals surface area contributed by atoms with Crippen LogP contribution in [0.1, 0.15) is 6.92 Å². The van der Waals surface area contributed by atoms with E-state index in [2.05, 4.69) is 10.3 Å². The van der Waals surface area contributed by atoms with Gasteiger partial charge in [0.2, 0.25) is 6.79 Å². The molecule has 0 unspecified atom stereocenters. The molecule has 1 aromatic heterocycles. The number of carbonyl (C=O) groups is 1. The number of amides is 1. The second kappa shape index (κ2) is 7.05. The van der Waals surface area contributed by atoms with Crippen LogP contribution in [0.5, 0.6) is 17.2 Å². The molecule has 2 heterocycles. The standard InChI is InChI=1S/C19H16N2O4S/c1-12(25-14-5-3-2-4-6-14)18(22)21-19-20-15(10-26-19)13-7-8-16-17(9-13)24-11-23-16/h2-10,12H,11H2,1H3,(H,20,21,22)/t12-/m0/s1. The molecule has 2 aromatic carbocycles. The molecule has 1 amide bonds. The molecule has 132 valence electrons. The van der Waals surface area contributed by atoms with Crippen molar-refractivity contribution in [2.45, 2.75) is 13.0 Å². The summed E-state index contributed by atoms with van der Waals surface area (Å²) in [5.74, 6) is 1.83. The summed E-state index contributed by atoms with van der Waals surface area (Å²) in [6, 6.07) is 14.9. The first-order valence-corrected chi connectivity index (χ1v) is 8.95. The second-order valence-electron chi connectivity index (χ2n) is 5.67. The van der Waals surface area contributed by atoms with E-state index in [9.17, 15) is 4.79 Å². The molecule has 1 aliphatic rings. The maximum absolute atomic E-state index is 12.3. The zero-order valence-electron chi connectivity index (χ0n) is 14.0. The smallest absolute Gasteiger partial charge is 0.266 e. The predicted molar refractivity (Wildman–Crippen MR) is 98.8 cm³/mol. The van der Waals surface area contributed by atoms with Crippen LogP contribution in [0, 0.1) is 0 Å². The van der Waals surface area contributed by atoms with Gasteiger partial charge in [-0.25, -0.2) is 4.98 Å². The Morgan fingerprint density at radius 1 is 1.19 bits per heavy atom. The number of anilines is 1. The van der Waals surface area contributed by atoms with Gasteiger partial charge in [0, 0.05) is 10.9 Å². The molecule has 0 radical (unpaired) electrons. The molecule has 3 aromatic rings. The van der Waals surface area contributed by atoms with Crippen molar-refractivity contribution in [1.82, 2.24) is 4.98 Å². The average molecular weight is 368 g/mol. The molecule has 0 saturated heterocycles. The van der Waals surface area contributed by atoms with Crippen molar-refractivity contribution >= 4 is 22.4 Å². The van der Waals surface area contributed by atoms with Crippen molar-refractivity contribution in [3.8, 4) is 28.5 Å². The minimum Gasteiger partial charge on any atom is -0.481 e. The van der Waals surface area contributed by atoms with E-state index in [1.54, 1.807) is 6.92 Å². The van der Waals surface area contributed by atoms with Gasteiger partial charge in [0.1, 0.15) is 5.75 Å². The fourth-order valence-electron chi connectivity index (χ4n) is 2.48. The normalized spacial score (nSPS) is 13.3. The largest absolute Gasteiger partial charge is 0.481 e. The van der Waals surface area contributed by atoms with Crippen molar-refractivity contribution in [2.75, 3.05) is 12.1 Å². The zero-order chi connectivity index (χ0) is 17.9. The lowest BCUT2D eigenvalue weighted by Gasteiger charge is -2.13. The van der Waals surface area contributed by atoms with Gasteiger partial charge in [0.15, 0.2) is 22.7 Å². The Bertz CT molecular complexity index is 926. The molecule has 1 atom stereocenters. The summed E-state index contributed by atoms with van der Waals surface area (Å²) in [4.78, 5) is 16.8. The highest BCUT2D eigenvalue weighted by Crippen LogP contribution is 2.36. The molecule has 0 spiro atoms. The van der Waals surface area contributed by atoms with Crippen molar-refractivity contribution < 1.29 is 19.0 Å². The van der Waals surface area contributed by atoms with Crippen LogP contribution in [0.3, 0.4) is 0 Å². The van der Waals surface area contributed by atoms with E-state index >= 15 is 0 Å². The van der Waals surface area contributed by atoms with Gasteiger partial charge in [0.05, 0.1) is 5.69 Å². The first-order valence-electron chi connectivity index (χ1n) is 8.07. The number of nitrogens with one attached hydrogen (secondary N) is 1. The number of ether oxygens (including phenoxy) is 3. The monoisotopic (exact) mass is 368 g/mol. The van der Waals surface area contributed by atoms with Gasteiger partial charge in [0.25, 0.3) is 5.91 Å². The van der Waals surface area contributed by atoms with Gasteiger partial charge in [-0.05, 0) is 37.3 Å². The van der Waals surface area contributed by atoms with Crippen molar-refractivity contribution in [1.29, 1.82) is 0 Å². The van der Waals surface area contributed by atoms with Crippen molar-refractivity contribution in [2.24, 2.45) is 0 Å². The van der Waals surface area contributed by atoms with E-state index in [0.29, 0.717) is 16.6 Å². The lowest BCUT2D eigenvalue weighted by molar-refractivity contribution is -0.122. The molecular weight excluding hydrogens is 352 g/mol. The number of para-hydroxylation sites is 1. The summed E-state index contributed by atoms with van der Waals surface area (Å²) < 4.78 is 16.3. The third-order valence-electron chi connectivity index (χ3n) is 3.83. The average Bonchev–Trinajstić information content (AvgIpc) is 3.31. The lowest BCUT2D eigenvalue weighted by Crippen LogP contribution is -2.30. The molecule has 1 aliphatic heterocycles. The highest BCUT2D eigenvalue weighted by Gasteiger charge is 2.18. The lowest BCUT2D eigenvalue weighted by atomic mass is 10.1. The number of hydrogen-bond acceptors (Lipinski definition) is 6. The maximum atomic E-state index is 12.3. The van der Waals surface area contributed by atoms with Crippen LogP contribution in [0.25, 0.3) is 11.3 Å². The number of carbonyl (C=O) groups excluding carboxylic acids is 1. The third kappa shape index (κ3) is 3.48. The van der Waals surface area contributed by atoms with E-state index in [4.69, 9.17) is 14.2 Å². The molecular formula is C19H16N2O4S. The quantitative estimate of drug-likeness (QED) is 0.739. The van der Waals surface area contributed by atoms with E-state index in [1.807, 2.05) is 53.9 Å². The van der Waals surface area contributed by atoms with Gasteiger partial charge in [-0.2, -0.15) is 0 Å². The van der Waals surface area contributed by atoms with Crippen LogP contribution >= 0.6 is 11.3 Å². The molecule has 0 aliphatic carbocycles. The molecule has 0 bridgehead atoms. The van der Waals surface area contributed by atoms with Crippen LogP contribution in [0.15, 0.2) is 53.9 Å². The van der Waals surface area contributed by atoms with E-state index in [0.717, 1.165) is 17.0 Å². The molecule has 6 nitrogen and oxygen atoms in total. The van der Waals surface area contributed by atoms with Crippen LogP contribution in [0.4, 0.5) is 5.13 Å². The Morgan fingerprint density at radius 2 is 2.00 bits per heavy atom. The van der Waals surface area contributed by atoms with Crippen LogP contribution in [0.2, 0.25) is 0 Å². The molecule has 7 heteroatoms. The third-order valence-corrected chi connectivity index (χ3v) is 4.59. The Kier molecular flexibility index (Phi) is 4.45. The summed E-state index contributed by atoms with van der Waals surface area (Å²) >= 11 is 1.36. The summed E-state index contributed by atoms with van der Waals surface area (Å²) in [7, 11) is 0. The fourth-order valence-corrected chi connectivity index (χ4v) is 3.21. The molecule has 1 N–H and O–H groups in total. The summed E-state index contributed by atoms with van der Waals surface area (Å²) in [5, 5.41) is 5.20. The number of hydrogen-bond donors (Lipinski definition) is 1. The summed E-state index contributed by atoms with van der Waals surface area (Å²) in [6.07, 6.45) is -0.629. The summed E-state index contributed by atoms with van der Waals surface area (Å²) in [6.45, 7) is 1.94. The molecule has 0 fully saturated rings. The maximum Gasteiger partial charge on any atom is 0.266 e. The van der Waals surface area contributed by atoms with Gasteiger partial charge in [-0.3, -0.25) is 10.1 Å². The fraction of sp³-hybridized carbons (Fsp3) is 0.158. The first-order chi connectivity index (χ1) is 12.7. The van der Waals surface area contributed by atoms with E-state index in [1.165, 1.54) is 11.3 Å². The predicted octanol–water partition coefficient (Wildman–Crippen LogP) is 3.94. The van der Waals surface area contributed by atoms with Crippen molar-refractivity contribution in [3.05, 3.63) is 53.9 Å². The molecule has 26 heavy (non-hydrogen) atoms. The topological polar surface area (TPSA) is 69.7 Å². The minimum atomic E-state index is -0.629. The number of rotatable bonds is 5. The Balaban J connectivity index is 1.42. The molecule has 0 saturated carbocycles. The molecule has 4 rings (SSSR count).